The van der Waals surface area contributed by atoms with Crippen molar-refractivity contribution in [3.8, 4) is 0 Å². The third-order valence-electron chi connectivity index (χ3n) is 3.17. The van der Waals surface area contributed by atoms with Crippen LogP contribution in [0, 0.1) is 12.8 Å². The molecule has 1 aromatic rings. The van der Waals surface area contributed by atoms with Crippen LogP contribution >= 0.6 is 0 Å². The lowest BCUT2D eigenvalue weighted by atomic mass is 9.95. The van der Waals surface area contributed by atoms with Crippen molar-refractivity contribution in [3.05, 3.63) is 17.8 Å². The molecule has 90 valence electrons. The first-order valence-electron chi connectivity index (χ1n) is 6.07. The highest BCUT2D eigenvalue weighted by atomic mass is 15.0. The van der Waals surface area contributed by atoms with Crippen LogP contribution in [-0.4, -0.2) is 11.0 Å². The van der Waals surface area contributed by atoms with E-state index in [2.05, 4.69) is 31.1 Å². The van der Waals surface area contributed by atoms with E-state index in [1.807, 2.05) is 19.2 Å². The van der Waals surface area contributed by atoms with Crippen LogP contribution in [0.3, 0.4) is 0 Å². The number of hydrogen-bond acceptors (Lipinski definition) is 3. The van der Waals surface area contributed by atoms with E-state index >= 15 is 0 Å². The van der Waals surface area contributed by atoms with Gasteiger partial charge in [0.25, 0.3) is 0 Å². The molecule has 1 aromatic heterocycles. The predicted octanol–water partition coefficient (Wildman–Crippen LogP) is 3.21. The number of aryl methyl sites for hydroxylation is 1. The second-order valence-electron chi connectivity index (χ2n) is 4.46. The third-order valence-corrected chi connectivity index (χ3v) is 3.17. The molecule has 1 rings (SSSR count). The van der Waals surface area contributed by atoms with Gasteiger partial charge in [0.2, 0.25) is 0 Å². The maximum absolute atomic E-state index is 5.93. The van der Waals surface area contributed by atoms with Gasteiger partial charge in [0, 0.05) is 12.2 Å². The number of pyridine rings is 1. The summed E-state index contributed by atoms with van der Waals surface area (Å²) in [6, 6.07) is 2.36. The molecule has 0 saturated carbocycles. The number of rotatable bonds is 5. The van der Waals surface area contributed by atoms with E-state index < -0.39 is 0 Å². The Kier molecular flexibility index (Phi) is 4.59. The molecule has 0 aliphatic heterocycles. The van der Waals surface area contributed by atoms with Crippen LogP contribution in [0.5, 0.6) is 0 Å². The van der Waals surface area contributed by atoms with Crippen molar-refractivity contribution >= 4 is 11.5 Å². The van der Waals surface area contributed by atoms with Gasteiger partial charge in [0.05, 0.1) is 5.69 Å². The molecule has 0 aliphatic rings. The molecular weight excluding hydrogens is 198 g/mol. The van der Waals surface area contributed by atoms with Crippen LogP contribution < -0.4 is 11.1 Å². The fourth-order valence-corrected chi connectivity index (χ4v) is 2.04. The van der Waals surface area contributed by atoms with Crippen molar-refractivity contribution in [1.82, 2.24) is 4.98 Å². The minimum absolute atomic E-state index is 0.410. The molecule has 1 heterocycles. The van der Waals surface area contributed by atoms with Gasteiger partial charge in [-0.05, 0) is 31.4 Å². The molecule has 0 radical (unpaired) electrons. The Morgan fingerprint density at radius 1 is 1.38 bits per heavy atom. The summed E-state index contributed by atoms with van der Waals surface area (Å²) in [7, 11) is 0. The van der Waals surface area contributed by atoms with E-state index in [9.17, 15) is 0 Å². The van der Waals surface area contributed by atoms with Crippen molar-refractivity contribution in [2.45, 2.75) is 46.6 Å². The van der Waals surface area contributed by atoms with E-state index in [0.29, 0.717) is 12.0 Å². The zero-order valence-electron chi connectivity index (χ0n) is 10.7. The predicted molar refractivity (Wildman–Crippen MR) is 70.5 cm³/mol. The summed E-state index contributed by atoms with van der Waals surface area (Å²) in [5, 5.41) is 3.40. The van der Waals surface area contributed by atoms with Gasteiger partial charge in [0.15, 0.2) is 0 Å². The average Bonchev–Trinajstić information content (AvgIpc) is 2.24. The van der Waals surface area contributed by atoms with Gasteiger partial charge in [0.1, 0.15) is 5.82 Å². The maximum Gasteiger partial charge on any atom is 0.149 e. The first-order chi connectivity index (χ1) is 7.58. The highest BCUT2D eigenvalue weighted by molar-refractivity contribution is 5.61. The second kappa shape index (κ2) is 5.73. The SMILES string of the molecule is CCC(CC)C(C)Nc1ncc(C)cc1N. The Morgan fingerprint density at radius 3 is 2.50 bits per heavy atom. The molecule has 1 atom stereocenters. The normalized spacial score (nSPS) is 12.8. The summed E-state index contributed by atoms with van der Waals surface area (Å²) in [6.45, 7) is 8.63. The zero-order valence-corrected chi connectivity index (χ0v) is 10.7. The minimum atomic E-state index is 0.410. The van der Waals surface area contributed by atoms with E-state index in [4.69, 9.17) is 5.73 Å². The largest absolute Gasteiger partial charge is 0.396 e. The summed E-state index contributed by atoms with van der Waals surface area (Å²) in [5.74, 6) is 1.48. The lowest BCUT2D eigenvalue weighted by Gasteiger charge is -2.23. The molecule has 0 aromatic carbocycles. The number of nitrogens with two attached hydrogens (primary N) is 1. The van der Waals surface area contributed by atoms with Crippen molar-refractivity contribution in [3.63, 3.8) is 0 Å². The molecular formula is C13H23N3. The number of anilines is 2. The van der Waals surface area contributed by atoms with Gasteiger partial charge in [-0.1, -0.05) is 26.7 Å². The van der Waals surface area contributed by atoms with Crippen molar-refractivity contribution in [2.75, 3.05) is 11.1 Å². The van der Waals surface area contributed by atoms with Crippen molar-refractivity contribution in [2.24, 2.45) is 5.92 Å². The lowest BCUT2D eigenvalue weighted by molar-refractivity contribution is 0.437. The molecule has 0 aliphatic carbocycles. The summed E-state index contributed by atoms with van der Waals surface area (Å²) < 4.78 is 0. The van der Waals surface area contributed by atoms with E-state index in [0.717, 1.165) is 17.1 Å². The summed E-state index contributed by atoms with van der Waals surface area (Å²) in [5.41, 5.74) is 7.76. The Hall–Kier alpha value is -1.25. The molecule has 1 unspecified atom stereocenters. The van der Waals surface area contributed by atoms with Gasteiger partial charge < -0.3 is 11.1 Å². The molecule has 0 spiro atoms. The molecule has 0 fully saturated rings. The van der Waals surface area contributed by atoms with Gasteiger partial charge in [-0.25, -0.2) is 4.98 Å². The highest BCUT2D eigenvalue weighted by Crippen LogP contribution is 2.21. The smallest absolute Gasteiger partial charge is 0.149 e. The number of aromatic nitrogens is 1. The van der Waals surface area contributed by atoms with Gasteiger partial charge in [-0.2, -0.15) is 0 Å². The number of nitrogens with zero attached hydrogens (tertiary/aromatic N) is 1. The molecule has 16 heavy (non-hydrogen) atoms. The van der Waals surface area contributed by atoms with Crippen LogP contribution in [0.25, 0.3) is 0 Å². The number of nitrogen functional groups attached to an aromatic ring is 1. The van der Waals surface area contributed by atoms with Gasteiger partial charge in [-0.15, -0.1) is 0 Å². The van der Waals surface area contributed by atoms with Crippen LogP contribution in [-0.2, 0) is 0 Å². The first kappa shape index (κ1) is 12.8. The maximum atomic E-state index is 5.93. The molecule has 3 heteroatoms. The fourth-order valence-electron chi connectivity index (χ4n) is 2.04. The molecule has 3 nitrogen and oxygen atoms in total. The van der Waals surface area contributed by atoms with E-state index in [1.165, 1.54) is 12.8 Å². The second-order valence-corrected chi connectivity index (χ2v) is 4.46. The van der Waals surface area contributed by atoms with Crippen LogP contribution in [0.4, 0.5) is 11.5 Å². The van der Waals surface area contributed by atoms with Crippen molar-refractivity contribution in [1.29, 1.82) is 0 Å². The van der Waals surface area contributed by atoms with E-state index in [1.54, 1.807) is 0 Å². The van der Waals surface area contributed by atoms with Crippen LogP contribution in [0.15, 0.2) is 12.3 Å². The summed E-state index contributed by atoms with van der Waals surface area (Å²) in [6.07, 6.45) is 4.20. The molecule has 3 N–H and O–H groups in total. The zero-order chi connectivity index (χ0) is 12.1. The third kappa shape index (κ3) is 3.12. The number of nitrogens with one attached hydrogen (secondary N) is 1. The topological polar surface area (TPSA) is 50.9 Å². The monoisotopic (exact) mass is 221 g/mol. The lowest BCUT2D eigenvalue weighted by Crippen LogP contribution is -2.26. The Labute approximate surface area is 98.5 Å². The van der Waals surface area contributed by atoms with Crippen LogP contribution in [0.2, 0.25) is 0 Å². The van der Waals surface area contributed by atoms with Gasteiger partial charge in [-0.3, -0.25) is 0 Å². The van der Waals surface area contributed by atoms with Crippen molar-refractivity contribution < 1.29 is 0 Å². The van der Waals surface area contributed by atoms with Crippen LogP contribution in [0.1, 0.15) is 39.2 Å². The Balaban J connectivity index is 2.72. The minimum Gasteiger partial charge on any atom is -0.396 e. The molecule has 0 saturated heterocycles. The standard InChI is InChI=1S/C13H23N3/c1-5-11(6-2)10(4)16-13-12(14)7-9(3)8-15-13/h7-8,10-11H,5-6,14H2,1-4H3,(H,15,16). The summed E-state index contributed by atoms with van der Waals surface area (Å²) in [4.78, 5) is 4.33. The molecule has 0 bridgehead atoms. The fraction of sp³-hybridized carbons (Fsp3) is 0.615. The van der Waals surface area contributed by atoms with Gasteiger partial charge >= 0.3 is 0 Å². The Morgan fingerprint density at radius 2 is 2.00 bits per heavy atom. The molecule has 0 amide bonds. The Bertz CT molecular complexity index is 332. The van der Waals surface area contributed by atoms with E-state index in [-0.39, 0.29) is 0 Å². The summed E-state index contributed by atoms with van der Waals surface area (Å²) >= 11 is 0. The first-order valence-corrected chi connectivity index (χ1v) is 6.07. The number of hydrogen-bond donors (Lipinski definition) is 2. The highest BCUT2D eigenvalue weighted by Gasteiger charge is 2.14. The quantitative estimate of drug-likeness (QED) is 0.802. The average molecular weight is 221 g/mol.